The van der Waals surface area contributed by atoms with Gasteiger partial charge >= 0.3 is 5.97 Å². The molecule has 0 saturated carbocycles. The molecule has 2 aromatic carbocycles. The molecule has 0 amide bonds. The van der Waals surface area contributed by atoms with Gasteiger partial charge in [-0.1, -0.05) is 66.8 Å². The van der Waals surface area contributed by atoms with Crippen molar-refractivity contribution in [2.75, 3.05) is 0 Å². The zero-order chi connectivity index (χ0) is 15.5. The highest BCUT2D eigenvalue weighted by Gasteiger charge is 2.27. The monoisotopic (exact) mass is 308 g/mol. The summed E-state index contributed by atoms with van der Waals surface area (Å²) in [6, 6.07) is 17.9. The summed E-state index contributed by atoms with van der Waals surface area (Å²) in [5.41, 5.74) is 4.20. The van der Waals surface area contributed by atoms with Gasteiger partial charge in [0.25, 0.3) is 0 Å². The van der Waals surface area contributed by atoms with E-state index < -0.39 is 5.97 Å². The first-order valence-electron chi connectivity index (χ1n) is 7.20. The molecule has 1 aliphatic rings. The third-order valence-corrected chi connectivity index (χ3v) is 4.26. The molecule has 0 radical (unpaired) electrons. The molecule has 0 aliphatic carbocycles. The van der Waals surface area contributed by atoms with Crippen LogP contribution in [0.3, 0.4) is 0 Å². The lowest BCUT2D eigenvalue weighted by molar-refractivity contribution is -0.139. The van der Waals surface area contributed by atoms with E-state index in [9.17, 15) is 4.79 Å². The molecule has 1 aliphatic heterocycles. The first kappa shape index (κ1) is 14.7. The number of rotatable bonds is 3. The Bertz CT molecular complexity index is 747. The molecule has 0 bridgehead atoms. The molecule has 110 valence electrons. The summed E-state index contributed by atoms with van der Waals surface area (Å²) in [6.07, 6.45) is 2.26. The van der Waals surface area contributed by atoms with Crippen LogP contribution in [0.2, 0.25) is 0 Å². The molecule has 22 heavy (non-hydrogen) atoms. The molecule has 2 aromatic rings. The summed E-state index contributed by atoms with van der Waals surface area (Å²) in [4.78, 5) is 12.3. The van der Waals surface area contributed by atoms with Crippen molar-refractivity contribution < 1.29 is 9.53 Å². The number of hydrogen-bond donors (Lipinski definition) is 0. The summed E-state index contributed by atoms with van der Waals surface area (Å²) in [7, 11) is 0. The molecule has 2 nitrogen and oxygen atoms in total. The third-order valence-electron chi connectivity index (χ3n) is 3.83. The molecule has 1 unspecified atom stereocenters. The Morgan fingerprint density at radius 3 is 2.45 bits per heavy atom. The molecule has 0 spiro atoms. The van der Waals surface area contributed by atoms with Crippen molar-refractivity contribution >= 4 is 23.1 Å². The van der Waals surface area contributed by atoms with Crippen molar-refractivity contribution in [3.8, 4) is 0 Å². The van der Waals surface area contributed by atoms with E-state index in [1.165, 1.54) is 11.1 Å². The SMILES string of the molecule is Cc1ccccc1CC1=CC(c2ccccc2)OC(=O)C1=S. The second-order valence-electron chi connectivity index (χ2n) is 5.36. The van der Waals surface area contributed by atoms with Crippen molar-refractivity contribution in [2.45, 2.75) is 19.4 Å². The standard InChI is InChI=1S/C19H16O2S/c1-13-7-5-6-10-15(13)11-16-12-17(21-19(20)18(16)22)14-8-3-2-4-9-14/h2-10,12,17H,11H2,1H3. The lowest BCUT2D eigenvalue weighted by atomic mass is 9.94. The van der Waals surface area contributed by atoms with Gasteiger partial charge in [0.2, 0.25) is 0 Å². The van der Waals surface area contributed by atoms with Gasteiger partial charge in [0.05, 0.1) is 0 Å². The molecular formula is C19H16O2S. The third kappa shape index (κ3) is 3.00. The highest BCUT2D eigenvalue weighted by molar-refractivity contribution is 7.82. The van der Waals surface area contributed by atoms with E-state index in [0.29, 0.717) is 6.42 Å². The first-order valence-corrected chi connectivity index (χ1v) is 7.61. The fourth-order valence-electron chi connectivity index (χ4n) is 2.55. The summed E-state index contributed by atoms with van der Waals surface area (Å²) in [5, 5.41) is 0. The van der Waals surface area contributed by atoms with Crippen LogP contribution in [0.1, 0.15) is 22.8 Å². The lowest BCUT2D eigenvalue weighted by Gasteiger charge is -2.23. The lowest BCUT2D eigenvalue weighted by Crippen LogP contribution is -2.26. The van der Waals surface area contributed by atoms with Gasteiger partial charge in [0.1, 0.15) is 11.0 Å². The average Bonchev–Trinajstić information content (AvgIpc) is 2.54. The van der Waals surface area contributed by atoms with Crippen LogP contribution in [-0.2, 0) is 16.0 Å². The Morgan fingerprint density at radius 1 is 1.05 bits per heavy atom. The highest BCUT2D eigenvalue weighted by Crippen LogP contribution is 2.28. The minimum atomic E-state index is -0.407. The quantitative estimate of drug-likeness (QED) is 0.630. The number of hydrogen-bond acceptors (Lipinski definition) is 3. The molecule has 1 atom stereocenters. The van der Waals surface area contributed by atoms with Crippen LogP contribution in [0.15, 0.2) is 66.2 Å². The van der Waals surface area contributed by atoms with Gasteiger partial charge in [-0.2, -0.15) is 0 Å². The first-order chi connectivity index (χ1) is 10.6. The Balaban J connectivity index is 1.94. The van der Waals surface area contributed by atoms with E-state index in [-0.39, 0.29) is 11.0 Å². The molecule has 0 saturated heterocycles. The number of ether oxygens (including phenoxy) is 1. The number of aryl methyl sites for hydroxylation is 1. The van der Waals surface area contributed by atoms with Crippen LogP contribution >= 0.6 is 12.2 Å². The fraction of sp³-hybridized carbons (Fsp3) is 0.158. The number of benzene rings is 2. The van der Waals surface area contributed by atoms with E-state index in [4.69, 9.17) is 17.0 Å². The van der Waals surface area contributed by atoms with Gasteiger partial charge in [-0.05, 0) is 41.7 Å². The predicted molar refractivity (Wildman–Crippen MR) is 90.8 cm³/mol. The number of esters is 1. The summed E-state index contributed by atoms with van der Waals surface area (Å²) in [5.74, 6) is -0.407. The molecule has 0 aromatic heterocycles. The van der Waals surface area contributed by atoms with E-state index in [2.05, 4.69) is 19.1 Å². The molecular weight excluding hydrogens is 292 g/mol. The Labute approximate surface area is 135 Å². The number of carbonyl (C=O) groups is 1. The maximum Gasteiger partial charge on any atom is 0.350 e. The van der Waals surface area contributed by atoms with Gasteiger partial charge in [-0.15, -0.1) is 0 Å². The van der Waals surface area contributed by atoms with E-state index in [0.717, 1.165) is 11.1 Å². The largest absolute Gasteiger partial charge is 0.449 e. The summed E-state index contributed by atoms with van der Waals surface area (Å²) >= 11 is 5.25. The smallest absolute Gasteiger partial charge is 0.350 e. The van der Waals surface area contributed by atoms with Crippen LogP contribution in [-0.4, -0.2) is 10.8 Å². The summed E-state index contributed by atoms with van der Waals surface area (Å²) in [6.45, 7) is 2.06. The van der Waals surface area contributed by atoms with Gasteiger partial charge in [-0.25, -0.2) is 4.79 Å². The van der Waals surface area contributed by atoms with Gasteiger partial charge in [0.15, 0.2) is 0 Å². The van der Waals surface area contributed by atoms with E-state index in [1.54, 1.807) is 0 Å². The predicted octanol–water partition coefficient (Wildman–Crippen LogP) is 4.13. The van der Waals surface area contributed by atoms with Crippen LogP contribution < -0.4 is 0 Å². The molecule has 3 rings (SSSR count). The highest BCUT2D eigenvalue weighted by atomic mass is 32.1. The van der Waals surface area contributed by atoms with Gasteiger partial charge < -0.3 is 4.74 Å². The van der Waals surface area contributed by atoms with Crippen molar-refractivity contribution in [1.82, 2.24) is 0 Å². The second kappa shape index (κ2) is 6.24. The number of thiocarbonyl (C=S) groups is 1. The van der Waals surface area contributed by atoms with E-state index >= 15 is 0 Å². The van der Waals surface area contributed by atoms with Gasteiger partial charge in [-0.3, -0.25) is 0 Å². The molecule has 0 fully saturated rings. The van der Waals surface area contributed by atoms with Crippen molar-refractivity contribution in [3.63, 3.8) is 0 Å². The van der Waals surface area contributed by atoms with Crippen LogP contribution in [0.5, 0.6) is 0 Å². The summed E-state index contributed by atoms with van der Waals surface area (Å²) < 4.78 is 5.43. The minimum absolute atomic E-state index is 0.287. The Morgan fingerprint density at radius 2 is 1.73 bits per heavy atom. The average molecular weight is 308 g/mol. The molecule has 3 heteroatoms. The maximum absolute atomic E-state index is 12.1. The van der Waals surface area contributed by atoms with Crippen molar-refractivity contribution in [1.29, 1.82) is 0 Å². The van der Waals surface area contributed by atoms with Crippen LogP contribution in [0.4, 0.5) is 0 Å². The number of cyclic esters (lactones) is 1. The van der Waals surface area contributed by atoms with Crippen molar-refractivity contribution in [3.05, 3.63) is 82.9 Å². The second-order valence-corrected chi connectivity index (χ2v) is 5.77. The minimum Gasteiger partial charge on any atom is -0.449 e. The Hall–Kier alpha value is -2.26. The normalized spacial score (nSPS) is 17.9. The zero-order valence-electron chi connectivity index (χ0n) is 12.3. The van der Waals surface area contributed by atoms with Crippen LogP contribution in [0.25, 0.3) is 0 Å². The zero-order valence-corrected chi connectivity index (χ0v) is 13.1. The van der Waals surface area contributed by atoms with Crippen LogP contribution in [0, 0.1) is 6.92 Å². The molecule has 0 N–H and O–H groups in total. The molecule has 1 heterocycles. The number of carbonyl (C=O) groups excluding carboxylic acids is 1. The van der Waals surface area contributed by atoms with Gasteiger partial charge in [0, 0.05) is 0 Å². The topological polar surface area (TPSA) is 26.3 Å². The Kier molecular flexibility index (Phi) is 4.16. The fourth-order valence-corrected chi connectivity index (χ4v) is 2.74. The maximum atomic E-state index is 12.1. The van der Waals surface area contributed by atoms with Crippen molar-refractivity contribution in [2.24, 2.45) is 0 Å². The van der Waals surface area contributed by atoms with E-state index in [1.807, 2.05) is 48.5 Å².